The van der Waals surface area contributed by atoms with Crippen LogP contribution in [0.4, 0.5) is 0 Å². The SMILES string of the molecule is ClCc1csc(CCCCN2CCCCC2)n1. The van der Waals surface area contributed by atoms with Crippen molar-refractivity contribution in [3.05, 3.63) is 16.1 Å². The van der Waals surface area contributed by atoms with Gasteiger partial charge in [-0.05, 0) is 51.7 Å². The Labute approximate surface area is 113 Å². The van der Waals surface area contributed by atoms with Gasteiger partial charge in [0.05, 0.1) is 16.6 Å². The second kappa shape index (κ2) is 7.34. The first kappa shape index (κ1) is 13.3. The van der Waals surface area contributed by atoms with Crippen molar-refractivity contribution in [3.63, 3.8) is 0 Å². The van der Waals surface area contributed by atoms with Crippen molar-refractivity contribution < 1.29 is 0 Å². The lowest BCUT2D eigenvalue weighted by molar-refractivity contribution is 0.225. The minimum absolute atomic E-state index is 0.546. The molecule has 1 aliphatic heterocycles. The summed E-state index contributed by atoms with van der Waals surface area (Å²) in [6.45, 7) is 3.90. The summed E-state index contributed by atoms with van der Waals surface area (Å²) in [7, 11) is 0. The predicted molar refractivity (Wildman–Crippen MR) is 74.9 cm³/mol. The molecule has 17 heavy (non-hydrogen) atoms. The number of hydrogen-bond donors (Lipinski definition) is 0. The number of unbranched alkanes of at least 4 members (excludes halogenated alkanes) is 1. The molecule has 96 valence electrons. The number of alkyl halides is 1. The molecule has 1 aromatic rings. The van der Waals surface area contributed by atoms with Crippen LogP contribution in [-0.2, 0) is 12.3 Å². The lowest BCUT2D eigenvalue weighted by Gasteiger charge is -2.26. The zero-order chi connectivity index (χ0) is 11.9. The van der Waals surface area contributed by atoms with E-state index in [4.69, 9.17) is 11.6 Å². The minimum atomic E-state index is 0.546. The molecular formula is C13H21ClN2S. The Balaban J connectivity index is 1.59. The van der Waals surface area contributed by atoms with Gasteiger partial charge >= 0.3 is 0 Å². The summed E-state index contributed by atoms with van der Waals surface area (Å²) in [4.78, 5) is 7.09. The lowest BCUT2D eigenvalue weighted by atomic mass is 10.1. The topological polar surface area (TPSA) is 16.1 Å². The van der Waals surface area contributed by atoms with E-state index in [1.165, 1.54) is 56.7 Å². The number of thiazole rings is 1. The third-order valence-electron chi connectivity index (χ3n) is 3.30. The summed E-state index contributed by atoms with van der Waals surface area (Å²) in [6.07, 6.45) is 7.89. The number of halogens is 1. The summed E-state index contributed by atoms with van der Waals surface area (Å²) in [5, 5.41) is 3.33. The Morgan fingerprint density at radius 1 is 1.24 bits per heavy atom. The summed E-state index contributed by atoms with van der Waals surface area (Å²) < 4.78 is 0. The van der Waals surface area contributed by atoms with E-state index >= 15 is 0 Å². The van der Waals surface area contributed by atoms with Crippen LogP contribution in [0.25, 0.3) is 0 Å². The minimum Gasteiger partial charge on any atom is -0.303 e. The molecule has 0 N–H and O–H groups in total. The Bertz CT molecular complexity index is 321. The average Bonchev–Trinajstić information content (AvgIpc) is 2.84. The number of piperidine rings is 1. The van der Waals surface area contributed by atoms with Gasteiger partial charge in [-0.1, -0.05) is 6.42 Å². The van der Waals surface area contributed by atoms with E-state index in [1.807, 2.05) is 0 Å². The Kier molecular flexibility index (Phi) is 5.75. The molecule has 0 amide bonds. The molecule has 0 saturated carbocycles. The van der Waals surface area contributed by atoms with E-state index in [2.05, 4.69) is 15.3 Å². The molecule has 0 aliphatic carbocycles. The third-order valence-corrected chi connectivity index (χ3v) is 4.53. The number of aromatic nitrogens is 1. The zero-order valence-corrected chi connectivity index (χ0v) is 11.9. The average molecular weight is 273 g/mol. The Morgan fingerprint density at radius 2 is 2.06 bits per heavy atom. The highest BCUT2D eigenvalue weighted by molar-refractivity contribution is 7.09. The molecule has 2 heterocycles. The van der Waals surface area contributed by atoms with Gasteiger partial charge in [0, 0.05) is 5.38 Å². The normalized spacial score (nSPS) is 17.5. The van der Waals surface area contributed by atoms with Crippen molar-refractivity contribution in [1.29, 1.82) is 0 Å². The van der Waals surface area contributed by atoms with Crippen molar-refractivity contribution in [2.75, 3.05) is 19.6 Å². The fraction of sp³-hybridized carbons (Fsp3) is 0.769. The van der Waals surface area contributed by atoms with Crippen LogP contribution in [-0.4, -0.2) is 29.5 Å². The second-order valence-corrected chi connectivity index (χ2v) is 5.94. The first-order valence-electron chi connectivity index (χ1n) is 6.60. The molecule has 2 rings (SSSR count). The highest BCUT2D eigenvalue weighted by Crippen LogP contribution is 2.15. The van der Waals surface area contributed by atoms with Crippen LogP contribution < -0.4 is 0 Å². The van der Waals surface area contributed by atoms with Gasteiger partial charge in [-0.2, -0.15) is 0 Å². The predicted octanol–water partition coefficient (Wildman–Crippen LogP) is 3.69. The number of rotatable bonds is 6. The van der Waals surface area contributed by atoms with Gasteiger partial charge in [-0.25, -0.2) is 4.98 Å². The smallest absolute Gasteiger partial charge is 0.0928 e. The zero-order valence-electron chi connectivity index (χ0n) is 10.3. The number of nitrogens with zero attached hydrogens (tertiary/aromatic N) is 2. The maximum atomic E-state index is 5.74. The standard InChI is InChI=1S/C13H21ClN2S/c14-10-12-11-17-13(15-12)6-2-5-9-16-7-3-1-4-8-16/h11H,1-10H2. The van der Waals surface area contributed by atoms with E-state index < -0.39 is 0 Å². The third kappa shape index (κ3) is 4.57. The Hall–Kier alpha value is -0.120. The van der Waals surface area contributed by atoms with Gasteiger partial charge in [0.15, 0.2) is 0 Å². The van der Waals surface area contributed by atoms with Crippen LogP contribution in [0.3, 0.4) is 0 Å². The van der Waals surface area contributed by atoms with Gasteiger partial charge < -0.3 is 4.90 Å². The van der Waals surface area contributed by atoms with Gasteiger partial charge in [0.2, 0.25) is 0 Å². The van der Waals surface area contributed by atoms with Crippen molar-refractivity contribution >= 4 is 22.9 Å². The summed E-state index contributed by atoms with van der Waals surface area (Å²) in [5.41, 5.74) is 1.03. The molecule has 1 fully saturated rings. The highest BCUT2D eigenvalue weighted by Gasteiger charge is 2.09. The monoisotopic (exact) mass is 272 g/mol. The van der Waals surface area contributed by atoms with Crippen molar-refractivity contribution in [3.8, 4) is 0 Å². The van der Waals surface area contributed by atoms with E-state index in [0.29, 0.717) is 5.88 Å². The molecule has 0 radical (unpaired) electrons. The molecule has 0 atom stereocenters. The molecule has 1 saturated heterocycles. The van der Waals surface area contributed by atoms with Crippen molar-refractivity contribution in [2.24, 2.45) is 0 Å². The molecular weight excluding hydrogens is 252 g/mol. The van der Waals surface area contributed by atoms with Gasteiger partial charge in [0.25, 0.3) is 0 Å². The van der Waals surface area contributed by atoms with E-state index in [1.54, 1.807) is 11.3 Å². The number of aryl methyl sites for hydroxylation is 1. The van der Waals surface area contributed by atoms with Crippen molar-refractivity contribution in [2.45, 2.75) is 44.4 Å². The van der Waals surface area contributed by atoms with Crippen molar-refractivity contribution in [1.82, 2.24) is 9.88 Å². The summed E-state index contributed by atoms with van der Waals surface area (Å²) >= 11 is 7.49. The van der Waals surface area contributed by atoms with Crippen LogP contribution >= 0.6 is 22.9 Å². The molecule has 1 aromatic heterocycles. The summed E-state index contributed by atoms with van der Waals surface area (Å²) in [6, 6.07) is 0. The lowest BCUT2D eigenvalue weighted by Crippen LogP contribution is -2.30. The molecule has 0 aromatic carbocycles. The van der Waals surface area contributed by atoms with Crippen LogP contribution in [0, 0.1) is 0 Å². The van der Waals surface area contributed by atoms with Crippen LogP contribution in [0.5, 0.6) is 0 Å². The van der Waals surface area contributed by atoms with E-state index in [-0.39, 0.29) is 0 Å². The molecule has 0 spiro atoms. The largest absolute Gasteiger partial charge is 0.303 e. The number of likely N-dealkylation sites (tertiary alicyclic amines) is 1. The van der Waals surface area contributed by atoms with Gasteiger partial charge in [0.1, 0.15) is 0 Å². The fourth-order valence-electron chi connectivity index (χ4n) is 2.32. The van der Waals surface area contributed by atoms with Crippen LogP contribution in [0.1, 0.15) is 42.8 Å². The molecule has 4 heteroatoms. The van der Waals surface area contributed by atoms with Gasteiger partial charge in [-0.15, -0.1) is 22.9 Å². The van der Waals surface area contributed by atoms with E-state index in [0.717, 1.165) is 12.1 Å². The Morgan fingerprint density at radius 3 is 2.76 bits per heavy atom. The molecule has 1 aliphatic rings. The highest BCUT2D eigenvalue weighted by atomic mass is 35.5. The maximum absolute atomic E-state index is 5.74. The maximum Gasteiger partial charge on any atom is 0.0928 e. The molecule has 0 unspecified atom stereocenters. The van der Waals surface area contributed by atoms with Crippen LogP contribution in [0.15, 0.2) is 5.38 Å². The number of hydrogen-bond acceptors (Lipinski definition) is 3. The molecule has 2 nitrogen and oxygen atoms in total. The van der Waals surface area contributed by atoms with Gasteiger partial charge in [-0.3, -0.25) is 0 Å². The van der Waals surface area contributed by atoms with E-state index in [9.17, 15) is 0 Å². The quantitative estimate of drug-likeness (QED) is 0.580. The molecule has 0 bridgehead atoms. The first-order valence-corrected chi connectivity index (χ1v) is 8.01. The fourth-order valence-corrected chi connectivity index (χ4v) is 3.39. The second-order valence-electron chi connectivity index (χ2n) is 4.73. The summed E-state index contributed by atoms with van der Waals surface area (Å²) in [5.74, 6) is 0.546. The first-order chi connectivity index (χ1) is 8.38. The van der Waals surface area contributed by atoms with Crippen LogP contribution in [0.2, 0.25) is 0 Å².